The summed E-state index contributed by atoms with van der Waals surface area (Å²) in [6.45, 7) is 1.73. The molecule has 1 aliphatic rings. The molecule has 0 saturated heterocycles. The lowest BCUT2D eigenvalue weighted by molar-refractivity contribution is -0.115. The number of hydrogen-bond acceptors (Lipinski definition) is 5. The Kier molecular flexibility index (Phi) is 4.22. The maximum Gasteiger partial charge on any atom is 0.337 e. The molecule has 0 unspecified atom stereocenters. The van der Waals surface area contributed by atoms with E-state index in [4.69, 9.17) is 0 Å². The number of sulfonamides is 1. The van der Waals surface area contributed by atoms with Crippen LogP contribution < -0.4 is 10.0 Å². The summed E-state index contributed by atoms with van der Waals surface area (Å²) < 4.78 is 32.4. The van der Waals surface area contributed by atoms with Crippen molar-refractivity contribution in [3.05, 3.63) is 53.1 Å². The molecule has 2 N–H and O–H groups in total. The number of nitrogens with one attached hydrogen (secondary N) is 2. The Morgan fingerprint density at radius 1 is 1.20 bits per heavy atom. The molecule has 8 heteroatoms. The fraction of sp³-hybridized carbons (Fsp3) is 0.176. The van der Waals surface area contributed by atoms with Crippen LogP contribution in [0.2, 0.25) is 0 Å². The van der Waals surface area contributed by atoms with E-state index in [1.165, 1.54) is 25.3 Å². The Morgan fingerprint density at radius 2 is 1.96 bits per heavy atom. The van der Waals surface area contributed by atoms with E-state index in [-0.39, 0.29) is 28.5 Å². The average Bonchev–Trinajstić information content (AvgIpc) is 2.95. The minimum absolute atomic E-state index is 0.0469. The number of benzene rings is 2. The normalized spacial score (nSPS) is 13.1. The lowest BCUT2D eigenvalue weighted by atomic mass is 10.1. The monoisotopic (exact) mass is 360 g/mol. The molecule has 0 fully saturated rings. The Bertz CT molecular complexity index is 983. The zero-order valence-electron chi connectivity index (χ0n) is 13.6. The highest BCUT2D eigenvalue weighted by Gasteiger charge is 2.22. The SMILES string of the molecule is COC(=O)c1ccc(C)c(NS(=O)(=O)c2ccc3c(c2)CC(=O)N3)c1. The molecule has 1 aliphatic heterocycles. The van der Waals surface area contributed by atoms with E-state index in [0.29, 0.717) is 16.8 Å². The molecule has 0 spiro atoms. The van der Waals surface area contributed by atoms with Gasteiger partial charge in [-0.3, -0.25) is 9.52 Å². The number of carbonyl (C=O) groups is 2. The topological polar surface area (TPSA) is 102 Å². The number of fused-ring (bicyclic) bond motifs is 1. The first kappa shape index (κ1) is 17.0. The van der Waals surface area contributed by atoms with E-state index in [1.54, 1.807) is 25.1 Å². The van der Waals surface area contributed by atoms with E-state index >= 15 is 0 Å². The fourth-order valence-corrected chi connectivity index (χ4v) is 3.73. The summed E-state index contributed by atoms with van der Waals surface area (Å²) in [5.41, 5.74) is 2.45. The number of anilines is 2. The Labute approximate surface area is 145 Å². The van der Waals surface area contributed by atoms with Gasteiger partial charge in [0.05, 0.1) is 29.7 Å². The number of hydrogen-bond donors (Lipinski definition) is 2. The number of ether oxygens (including phenoxy) is 1. The second kappa shape index (κ2) is 6.21. The van der Waals surface area contributed by atoms with Crippen LogP contribution in [0.5, 0.6) is 0 Å². The Balaban J connectivity index is 1.94. The molecular weight excluding hydrogens is 344 g/mol. The zero-order chi connectivity index (χ0) is 18.2. The number of aryl methyl sites for hydroxylation is 1. The third-order valence-electron chi connectivity index (χ3n) is 3.92. The van der Waals surface area contributed by atoms with Gasteiger partial charge in [0.25, 0.3) is 10.0 Å². The van der Waals surface area contributed by atoms with Crippen LogP contribution in [0.1, 0.15) is 21.5 Å². The first-order chi connectivity index (χ1) is 11.8. The number of carbonyl (C=O) groups excluding carboxylic acids is 2. The summed E-state index contributed by atoms with van der Waals surface area (Å²) in [5.74, 6) is -0.721. The van der Waals surface area contributed by atoms with Crippen LogP contribution in [0.3, 0.4) is 0 Å². The van der Waals surface area contributed by atoms with Crippen LogP contribution in [-0.4, -0.2) is 27.4 Å². The van der Waals surface area contributed by atoms with Crippen LogP contribution in [-0.2, 0) is 26.0 Å². The lowest BCUT2D eigenvalue weighted by Gasteiger charge is -2.12. The van der Waals surface area contributed by atoms with Crippen molar-refractivity contribution in [2.24, 2.45) is 0 Å². The molecule has 0 aliphatic carbocycles. The summed E-state index contributed by atoms with van der Waals surface area (Å²) in [4.78, 5) is 23.1. The van der Waals surface area contributed by atoms with Gasteiger partial charge < -0.3 is 10.1 Å². The standard InChI is InChI=1S/C17H16N2O5S/c1-10-3-4-11(17(21)24-2)8-15(10)19-25(22,23)13-5-6-14-12(7-13)9-16(20)18-14/h3-8,19H,9H2,1-2H3,(H,18,20). The predicted octanol–water partition coefficient (Wildman–Crippen LogP) is 2.08. The quantitative estimate of drug-likeness (QED) is 0.813. The van der Waals surface area contributed by atoms with E-state index in [1.807, 2.05) is 0 Å². The van der Waals surface area contributed by atoms with E-state index < -0.39 is 16.0 Å². The van der Waals surface area contributed by atoms with Crippen LogP contribution in [0, 0.1) is 6.92 Å². The number of esters is 1. The van der Waals surface area contributed by atoms with Crippen LogP contribution in [0.4, 0.5) is 11.4 Å². The van der Waals surface area contributed by atoms with Crippen molar-refractivity contribution >= 4 is 33.3 Å². The highest BCUT2D eigenvalue weighted by Crippen LogP contribution is 2.27. The molecule has 3 rings (SSSR count). The maximum atomic E-state index is 12.7. The van der Waals surface area contributed by atoms with Gasteiger partial charge in [0, 0.05) is 5.69 Å². The largest absolute Gasteiger partial charge is 0.465 e. The predicted molar refractivity (Wildman–Crippen MR) is 92.1 cm³/mol. The molecule has 0 saturated carbocycles. The Hall–Kier alpha value is -2.87. The van der Waals surface area contributed by atoms with Gasteiger partial charge >= 0.3 is 5.97 Å². The van der Waals surface area contributed by atoms with Crippen LogP contribution >= 0.6 is 0 Å². The van der Waals surface area contributed by atoms with Crippen molar-refractivity contribution in [1.82, 2.24) is 0 Å². The third kappa shape index (κ3) is 3.34. The van der Waals surface area contributed by atoms with Gasteiger partial charge in [0.2, 0.25) is 5.91 Å². The zero-order valence-corrected chi connectivity index (χ0v) is 14.4. The first-order valence-corrected chi connectivity index (χ1v) is 8.93. The summed E-state index contributed by atoms with van der Waals surface area (Å²) in [7, 11) is -2.61. The van der Waals surface area contributed by atoms with Gasteiger partial charge in [-0.2, -0.15) is 0 Å². The van der Waals surface area contributed by atoms with Gasteiger partial charge in [-0.1, -0.05) is 6.07 Å². The van der Waals surface area contributed by atoms with Gasteiger partial charge in [-0.15, -0.1) is 0 Å². The van der Waals surface area contributed by atoms with E-state index in [9.17, 15) is 18.0 Å². The number of amides is 1. The molecule has 25 heavy (non-hydrogen) atoms. The summed E-state index contributed by atoms with van der Waals surface area (Å²) in [6.07, 6.45) is 0.148. The molecular formula is C17H16N2O5S. The first-order valence-electron chi connectivity index (χ1n) is 7.45. The third-order valence-corrected chi connectivity index (χ3v) is 5.28. The molecule has 130 valence electrons. The van der Waals surface area contributed by atoms with Gasteiger partial charge in [0.15, 0.2) is 0 Å². The van der Waals surface area contributed by atoms with Crippen molar-refractivity contribution in [2.75, 3.05) is 17.1 Å². The summed E-state index contributed by atoms with van der Waals surface area (Å²) >= 11 is 0. The molecule has 0 radical (unpaired) electrons. The van der Waals surface area contributed by atoms with Crippen molar-refractivity contribution in [1.29, 1.82) is 0 Å². The fourth-order valence-electron chi connectivity index (χ4n) is 2.55. The minimum Gasteiger partial charge on any atom is -0.465 e. The van der Waals surface area contributed by atoms with Crippen molar-refractivity contribution < 1.29 is 22.7 Å². The molecule has 1 amide bonds. The molecule has 7 nitrogen and oxygen atoms in total. The van der Waals surface area contributed by atoms with Gasteiger partial charge in [0.1, 0.15) is 0 Å². The average molecular weight is 360 g/mol. The second-order valence-electron chi connectivity index (χ2n) is 5.67. The maximum absolute atomic E-state index is 12.7. The van der Waals surface area contributed by atoms with Crippen molar-refractivity contribution in [3.63, 3.8) is 0 Å². The highest BCUT2D eigenvalue weighted by molar-refractivity contribution is 7.92. The lowest BCUT2D eigenvalue weighted by Crippen LogP contribution is -2.14. The summed E-state index contributed by atoms with van der Waals surface area (Å²) in [5, 5.41) is 2.66. The number of methoxy groups -OCH3 is 1. The molecule has 0 atom stereocenters. The molecule has 0 bridgehead atoms. The summed E-state index contributed by atoms with van der Waals surface area (Å²) in [6, 6.07) is 9.08. The Morgan fingerprint density at radius 3 is 2.68 bits per heavy atom. The van der Waals surface area contributed by atoms with E-state index in [2.05, 4.69) is 14.8 Å². The molecule has 2 aromatic rings. The van der Waals surface area contributed by atoms with Crippen molar-refractivity contribution in [3.8, 4) is 0 Å². The van der Waals surface area contributed by atoms with Gasteiger partial charge in [-0.25, -0.2) is 13.2 Å². The second-order valence-corrected chi connectivity index (χ2v) is 7.35. The smallest absolute Gasteiger partial charge is 0.337 e. The minimum atomic E-state index is -3.87. The van der Waals surface area contributed by atoms with Gasteiger partial charge in [-0.05, 0) is 48.4 Å². The van der Waals surface area contributed by atoms with Crippen molar-refractivity contribution in [2.45, 2.75) is 18.2 Å². The molecule has 1 heterocycles. The number of rotatable bonds is 4. The molecule has 0 aromatic heterocycles. The van der Waals surface area contributed by atoms with E-state index in [0.717, 1.165) is 0 Å². The van der Waals surface area contributed by atoms with Crippen LogP contribution in [0.25, 0.3) is 0 Å². The highest BCUT2D eigenvalue weighted by atomic mass is 32.2. The van der Waals surface area contributed by atoms with Crippen LogP contribution in [0.15, 0.2) is 41.3 Å². The molecule has 2 aromatic carbocycles.